The number of hydrogen-bond acceptors (Lipinski definition) is 4. The Balaban J connectivity index is 1.37. The predicted molar refractivity (Wildman–Crippen MR) is 98.9 cm³/mol. The molecule has 1 aromatic carbocycles. The average Bonchev–Trinajstić information content (AvgIpc) is 3.26. The number of nitrogens with one attached hydrogen (secondary N) is 2. The molecule has 3 atom stereocenters. The number of amides is 1. The van der Waals surface area contributed by atoms with Crippen LogP contribution in [-0.4, -0.2) is 40.0 Å². The zero-order chi connectivity index (χ0) is 18.4. The minimum Gasteiger partial charge on any atom is -0.488 e. The Hall–Kier alpha value is -2.34. The van der Waals surface area contributed by atoms with Crippen LogP contribution < -0.4 is 10.1 Å². The largest absolute Gasteiger partial charge is 0.488 e. The quantitative estimate of drug-likeness (QED) is 0.677. The minimum atomic E-state index is -0.553. The Morgan fingerprint density at radius 2 is 2.15 bits per heavy atom. The average molecular weight is 357 g/mol. The fraction of sp³-hybridized carbons (Fsp3) is 0.500. The molecule has 1 heterocycles. The lowest BCUT2D eigenvalue weighted by molar-refractivity contribution is -0.121. The Labute approximate surface area is 154 Å². The highest BCUT2D eigenvalue weighted by Crippen LogP contribution is 2.29. The Morgan fingerprint density at radius 3 is 2.88 bits per heavy atom. The topological polar surface area (TPSA) is 87.2 Å². The van der Waals surface area contributed by atoms with Gasteiger partial charge < -0.3 is 15.2 Å². The van der Waals surface area contributed by atoms with E-state index in [1.54, 1.807) is 6.20 Å². The molecule has 1 aromatic heterocycles. The molecule has 2 aromatic rings. The van der Waals surface area contributed by atoms with Crippen LogP contribution in [0.15, 0.2) is 36.7 Å². The number of carbonyl (C=O) groups excluding carboxylic acids is 1. The Kier molecular flexibility index (Phi) is 6.28. The molecule has 0 bridgehead atoms. The van der Waals surface area contributed by atoms with Crippen molar-refractivity contribution < 1.29 is 14.6 Å². The molecular weight excluding hydrogens is 330 g/mol. The van der Waals surface area contributed by atoms with E-state index in [0.29, 0.717) is 13.0 Å². The van der Waals surface area contributed by atoms with Crippen molar-refractivity contribution >= 4 is 5.91 Å². The number of aliphatic hydroxyl groups excluding tert-OH is 1. The van der Waals surface area contributed by atoms with Gasteiger partial charge in [-0.25, -0.2) is 0 Å². The van der Waals surface area contributed by atoms with Crippen LogP contribution in [0.4, 0.5) is 0 Å². The van der Waals surface area contributed by atoms with E-state index in [0.717, 1.165) is 37.0 Å². The summed E-state index contributed by atoms with van der Waals surface area (Å²) in [6, 6.07) is 7.85. The van der Waals surface area contributed by atoms with Crippen molar-refractivity contribution in [2.24, 2.45) is 5.92 Å². The lowest BCUT2D eigenvalue weighted by Crippen LogP contribution is -2.37. The maximum absolute atomic E-state index is 12.0. The van der Waals surface area contributed by atoms with Gasteiger partial charge in [0, 0.05) is 25.1 Å². The fourth-order valence-corrected chi connectivity index (χ4v) is 3.37. The van der Waals surface area contributed by atoms with E-state index in [1.807, 2.05) is 37.4 Å². The van der Waals surface area contributed by atoms with Crippen LogP contribution >= 0.6 is 0 Å². The van der Waals surface area contributed by atoms with Gasteiger partial charge in [0.05, 0.1) is 12.3 Å². The molecule has 6 heteroatoms. The Morgan fingerprint density at radius 1 is 1.35 bits per heavy atom. The van der Waals surface area contributed by atoms with Crippen molar-refractivity contribution in [2.75, 3.05) is 6.54 Å². The van der Waals surface area contributed by atoms with Crippen molar-refractivity contribution in [3.63, 3.8) is 0 Å². The molecule has 26 heavy (non-hydrogen) atoms. The SMILES string of the molecule is Cc1ccc(O[C@@H]2CC[C@H](CNC(=O)CCCc3cn[nH]c3)[C@H]2O)cc1. The molecule has 1 amide bonds. The van der Waals surface area contributed by atoms with E-state index in [4.69, 9.17) is 4.74 Å². The van der Waals surface area contributed by atoms with E-state index in [1.165, 1.54) is 5.56 Å². The summed E-state index contributed by atoms with van der Waals surface area (Å²) in [4.78, 5) is 12.0. The number of aromatic amines is 1. The molecule has 6 nitrogen and oxygen atoms in total. The molecule has 0 unspecified atom stereocenters. The molecule has 3 N–H and O–H groups in total. The predicted octanol–water partition coefficient (Wildman–Crippen LogP) is 2.38. The van der Waals surface area contributed by atoms with Crippen molar-refractivity contribution in [2.45, 2.75) is 51.2 Å². The molecule has 0 spiro atoms. The highest BCUT2D eigenvalue weighted by molar-refractivity contribution is 5.75. The van der Waals surface area contributed by atoms with Crippen LogP contribution in [0, 0.1) is 12.8 Å². The smallest absolute Gasteiger partial charge is 0.220 e. The molecule has 0 saturated heterocycles. The second-order valence-electron chi connectivity index (χ2n) is 7.06. The normalized spacial score (nSPS) is 22.3. The van der Waals surface area contributed by atoms with E-state index < -0.39 is 6.10 Å². The zero-order valence-corrected chi connectivity index (χ0v) is 15.1. The van der Waals surface area contributed by atoms with Gasteiger partial charge in [0.15, 0.2) is 0 Å². The first-order chi connectivity index (χ1) is 12.6. The maximum atomic E-state index is 12.0. The molecule has 140 valence electrons. The summed E-state index contributed by atoms with van der Waals surface area (Å²) in [5, 5.41) is 20.1. The van der Waals surface area contributed by atoms with E-state index in [2.05, 4.69) is 15.5 Å². The molecule has 1 aliphatic carbocycles. The van der Waals surface area contributed by atoms with Gasteiger partial charge >= 0.3 is 0 Å². The van der Waals surface area contributed by atoms with Crippen molar-refractivity contribution in [1.29, 1.82) is 0 Å². The first-order valence-corrected chi connectivity index (χ1v) is 9.27. The van der Waals surface area contributed by atoms with Crippen LogP contribution in [0.1, 0.15) is 36.8 Å². The highest BCUT2D eigenvalue weighted by atomic mass is 16.5. The van der Waals surface area contributed by atoms with Gasteiger partial charge in [-0.1, -0.05) is 17.7 Å². The summed E-state index contributed by atoms with van der Waals surface area (Å²) in [6.45, 7) is 2.53. The number of nitrogens with zero attached hydrogens (tertiary/aromatic N) is 1. The van der Waals surface area contributed by atoms with Gasteiger partial charge in [0.25, 0.3) is 0 Å². The van der Waals surface area contributed by atoms with Crippen LogP contribution in [0.2, 0.25) is 0 Å². The molecule has 0 aliphatic heterocycles. The lowest BCUT2D eigenvalue weighted by atomic mass is 10.1. The lowest BCUT2D eigenvalue weighted by Gasteiger charge is -2.21. The fourth-order valence-electron chi connectivity index (χ4n) is 3.37. The van der Waals surface area contributed by atoms with Gasteiger partial charge in [-0.15, -0.1) is 0 Å². The summed E-state index contributed by atoms with van der Waals surface area (Å²) >= 11 is 0. The first-order valence-electron chi connectivity index (χ1n) is 9.27. The molecule has 1 aliphatic rings. The monoisotopic (exact) mass is 357 g/mol. The van der Waals surface area contributed by atoms with Gasteiger partial charge in [0.2, 0.25) is 5.91 Å². The van der Waals surface area contributed by atoms with Gasteiger partial charge in [-0.05, 0) is 50.3 Å². The number of hydrogen-bond donors (Lipinski definition) is 3. The van der Waals surface area contributed by atoms with Gasteiger partial charge in [-0.3, -0.25) is 9.89 Å². The second-order valence-corrected chi connectivity index (χ2v) is 7.06. The van der Waals surface area contributed by atoms with Crippen LogP contribution in [0.3, 0.4) is 0 Å². The van der Waals surface area contributed by atoms with E-state index >= 15 is 0 Å². The molecule has 1 fully saturated rings. The summed E-state index contributed by atoms with van der Waals surface area (Å²) in [6.07, 6.45) is 6.63. The van der Waals surface area contributed by atoms with Crippen molar-refractivity contribution in [3.8, 4) is 5.75 Å². The molecular formula is C20H27N3O3. The zero-order valence-electron chi connectivity index (χ0n) is 15.1. The van der Waals surface area contributed by atoms with Crippen LogP contribution in [0.5, 0.6) is 5.75 Å². The van der Waals surface area contributed by atoms with Crippen LogP contribution in [0.25, 0.3) is 0 Å². The number of aromatic nitrogens is 2. The van der Waals surface area contributed by atoms with Crippen LogP contribution in [-0.2, 0) is 11.2 Å². The standard InChI is InChI=1S/C20H27N3O3/c1-14-5-8-17(9-6-14)26-18-10-7-16(20(18)25)13-21-19(24)4-2-3-15-11-22-23-12-15/h5-6,8-9,11-12,16,18,20,25H,2-4,7,10,13H2,1H3,(H,21,24)(H,22,23)/t16-,18-,20-/m1/s1. The molecule has 3 rings (SSSR count). The van der Waals surface area contributed by atoms with Crippen molar-refractivity contribution in [3.05, 3.63) is 47.8 Å². The highest BCUT2D eigenvalue weighted by Gasteiger charge is 2.36. The molecule has 1 saturated carbocycles. The Bertz CT molecular complexity index is 685. The maximum Gasteiger partial charge on any atom is 0.220 e. The number of benzene rings is 1. The first kappa shape index (κ1) is 18.5. The number of rotatable bonds is 8. The van der Waals surface area contributed by atoms with Gasteiger partial charge in [-0.2, -0.15) is 5.10 Å². The van der Waals surface area contributed by atoms with E-state index in [9.17, 15) is 9.90 Å². The summed E-state index contributed by atoms with van der Waals surface area (Å²) in [7, 11) is 0. The summed E-state index contributed by atoms with van der Waals surface area (Å²) in [5.41, 5.74) is 2.29. The summed E-state index contributed by atoms with van der Waals surface area (Å²) < 4.78 is 5.91. The second kappa shape index (κ2) is 8.85. The number of aliphatic hydroxyl groups is 1. The molecule has 0 radical (unpaired) electrons. The number of aryl methyl sites for hydroxylation is 2. The van der Waals surface area contributed by atoms with Crippen molar-refractivity contribution in [1.82, 2.24) is 15.5 Å². The third kappa shape index (κ3) is 5.08. The minimum absolute atomic E-state index is 0.0311. The third-order valence-electron chi connectivity index (χ3n) is 4.98. The number of H-pyrrole nitrogens is 1. The summed E-state index contributed by atoms with van der Waals surface area (Å²) in [5.74, 6) is 0.857. The van der Waals surface area contributed by atoms with Gasteiger partial charge in [0.1, 0.15) is 11.9 Å². The van der Waals surface area contributed by atoms with E-state index in [-0.39, 0.29) is 17.9 Å². The number of ether oxygens (including phenoxy) is 1. The number of carbonyl (C=O) groups is 1. The third-order valence-corrected chi connectivity index (χ3v) is 4.98.